The van der Waals surface area contributed by atoms with E-state index in [1.165, 1.54) is 18.2 Å². The molecule has 16 heavy (non-hydrogen) atoms. The van der Waals surface area contributed by atoms with Crippen molar-refractivity contribution in [2.45, 2.75) is 12.2 Å². The first-order valence-electron chi connectivity index (χ1n) is 4.49. The van der Waals surface area contributed by atoms with Gasteiger partial charge in [0.1, 0.15) is 11.9 Å². The van der Waals surface area contributed by atoms with Crippen molar-refractivity contribution in [3.05, 3.63) is 23.8 Å². The summed E-state index contributed by atoms with van der Waals surface area (Å²) in [5.41, 5.74) is 5.75. The zero-order chi connectivity index (χ0) is 12.3. The highest BCUT2D eigenvalue weighted by atomic mass is 16.5. The first kappa shape index (κ1) is 12.3. The maximum atomic E-state index is 11.0. The second-order valence-corrected chi connectivity index (χ2v) is 3.23. The molecule has 0 aliphatic carbocycles. The number of hydrogen-bond acceptors (Lipinski definition) is 6. The Morgan fingerprint density at radius 3 is 2.56 bits per heavy atom. The zero-order valence-electron chi connectivity index (χ0n) is 8.62. The number of carbonyl (C=O) groups excluding carboxylic acids is 1. The maximum absolute atomic E-state index is 11.0. The normalized spacial score (nSPS) is 14.2. The standard InChI is InChI=1S/C10H13NO5/c1-16-10(15)9(14)8(13)6-3-2-5(12)4-7(6)11/h2-4,8-9,12-14H,11H2,1H3. The Hall–Kier alpha value is -1.79. The van der Waals surface area contributed by atoms with E-state index in [-0.39, 0.29) is 17.0 Å². The minimum atomic E-state index is -1.71. The lowest BCUT2D eigenvalue weighted by Gasteiger charge is -2.17. The lowest BCUT2D eigenvalue weighted by atomic mass is 10.0. The van der Waals surface area contributed by atoms with E-state index in [0.717, 1.165) is 7.11 Å². The van der Waals surface area contributed by atoms with Crippen molar-refractivity contribution in [2.75, 3.05) is 12.8 Å². The molecule has 5 N–H and O–H groups in total. The third-order valence-corrected chi connectivity index (χ3v) is 2.13. The van der Waals surface area contributed by atoms with Crippen molar-refractivity contribution in [1.29, 1.82) is 0 Å². The first-order chi connectivity index (χ1) is 7.47. The fourth-order valence-corrected chi connectivity index (χ4v) is 1.25. The molecule has 6 nitrogen and oxygen atoms in total. The lowest BCUT2D eigenvalue weighted by Crippen LogP contribution is -2.29. The van der Waals surface area contributed by atoms with Crippen LogP contribution in [0.4, 0.5) is 5.69 Å². The number of aromatic hydroxyl groups is 1. The average Bonchev–Trinajstić information content (AvgIpc) is 2.26. The van der Waals surface area contributed by atoms with Crippen LogP contribution in [0, 0.1) is 0 Å². The molecular weight excluding hydrogens is 214 g/mol. The minimum absolute atomic E-state index is 0.0685. The zero-order valence-corrected chi connectivity index (χ0v) is 8.62. The average molecular weight is 227 g/mol. The van der Waals surface area contributed by atoms with Gasteiger partial charge >= 0.3 is 5.97 Å². The highest BCUT2D eigenvalue weighted by molar-refractivity contribution is 5.75. The van der Waals surface area contributed by atoms with Crippen LogP contribution >= 0.6 is 0 Å². The number of anilines is 1. The number of methoxy groups -OCH3 is 1. The van der Waals surface area contributed by atoms with Crippen molar-refractivity contribution in [2.24, 2.45) is 0 Å². The van der Waals surface area contributed by atoms with E-state index in [1.54, 1.807) is 0 Å². The molecule has 0 fully saturated rings. The van der Waals surface area contributed by atoms with Gasteiger partial charge in [0.05, 0.1) is 7.11 Å². The van der Waals surface area contributed by atoms with E-state index in [9.17, 15) is 15.0 Å². The Labute approximate surface area is 91.9 Å². The van der Waals surface area contributed by atoms with Gasteiger partial charge < -0.3 is 25.8 Å². The van der Waals surface area contributed by atoms with Crippen LogP contribution in [0.2, 0.25) is 0 Å². The van der Waals surface area contributed by atoms with Crippen molar-refractivity contribution in [1.82, 2.24) is 0 Å². The molecular formula is C10H13NO5. The largest absolute Gasteiger partial charge is 0.508 e. The van der Waals surface area contributed by atoms with E-state index >= 15 is 0 Å². The van der Waals surface area contributed by atoms with Crippen LogP contribution in [0.1, 0.15) is 11.7 Å². The van der Waals surface area contributed by atoms with Gasteiger partial charge in [-0.05, 0) is 6.07 Å². The number of ether oxygens (including phenoxy) is 1. The van der Waals surface area contributed by atoms with Crippen LogP contribution in [-0.4, -0.2) is 34.5 Å². The summed E-state index contributed by atoms with van der Waals surface area (Å²) in [5, 5.41) is 28.1. The molecule has 2 atom stereocenters. The topological polar surface area (TPSA) is 113 Å². The summed E-state index contributed by atoms with van der Waals surface area (Å²) < 4.78 is 4.28. The molecule has 0 bridgehead atoms. The van der Waals surface area contributed by atoms with Crippen LogP contribution in [0.3, 0.4) is 0 Å². The molecule has 0 aliphatic heterocycles. The Morgan fingerprint density at radius 2 is 2.06 bits per heavy atom. The molecule has 0 spiro atoms. The molecule has 1 aromatic carbocycles. The molecule has 0 saturated carbocycles. The van der Waals surface area contributed by atoms with Crippen molar-refractivity contribution in [3.63, 3.8) is 0 Å². The summed E-state index contributed by atoms with van der Waals surface area (Å²) in [6.45, 7) is 0. The van der Waals surface area contributed by atoms with E-state index < -0.39 is 18.2 Å². The van der Waals surface area contributed by atoms with Crippen molar-refractivity contribution in [3.8, 4) is 5.75 Å². The fourth-order valence-electron chi connectivity index (χ4n) is 1.25. The van der Waals surface area contributed by atoms with Gasteiger partial charge in [-0.1, -0.05) is 6.07 Å². The van der Waals surface area contributed by atoms with Crippen LogP contribution < -0.4 is 5.73 Å². The summed E-state index contributed by atoms with van der Waals surface area (Å²) in [7, 11) is 1.10. The summed E-state index contributed by atoms with van der Waals surface area (Å²) >= 11 is 0. The number of esters is 1. The van der Waals surface area contributed by atoms with Crippen molar-refractivity contribution >= 4 is 11.7 Å². The summed E-state index contributed by atoms with van der Waals surface area (Å²) in [6, 6.07) is 3.82. The molecule has 0 aliphatic rings. The van der Waals surface area contributed by atoms with E-state index in [4.69, 9.17) is 10.8 Å². The predicted octanol–water partition coefficient (Wildman–Crippen LogP) is -0.458. The summed E-state index contributed by atoms with van der Waals surface area (Å²) in [5.74, 6) is -1.03. The molecule has 0 saturated heterocycles. The van der Waals surface area contributed by atoms with Gasteiger partial charge in [0.25, 0.3) is 0 Å². The van der Waals surface area contributed by atoms with Gasteiger partial charge in [0.2, 0.25) is 0 Å². The Bertz CT molecular complexity index is 393. The number of nitrogens with two attached hydrogens (primary N) is 1. The molecule has 1 rings (SSSR count). The number of nitrogen functional groups attached to an aromatic ring is 1. The number of phenolic OH excluding ortho intramolecular Hbond substituents is 1. The Kier molecular flexibility index (Phi) is 3.70. The quantitative estimate of drug-likeness (QED) is 0.410. The maximum Gasteiger partial charge on any atom is 0.337 e. The highest BCUT2D eigenvalue weighted by Gasteiger charge is 2.27. The SMILES string of the molecule is COC(=O)C(O)C(O)c1ccc(O)cc1N. The van der Waals surface area contributed by atoms with Gasteiger partial charge in [0.15, 0.2) is 6.10 Å². The van der Waals surface area contributed by atoms with Crippen LogP contribution in [0.15, 0.2) is 18.2 Å². The number of benzene rings is 1. The van der Waals surface area contributed by atoms with Crippen molar-refractivity contribution < 1.29 is 24.9 Å². The van der Waals surface area contributed by atoms with Gasteiger partial charge in [-0.25, -0.2) is 4.79 Å². The predicted molar refractivity (Wildman–Crippen MR) is 55.5 cm³/mol. The van der Waals surface area contributed by atoms with E-state index in [2.05, 4.69) is 4.74 Å². The molecule has 0 radical (unpaired) electrons. The first-order valence-corrected chi connectivity index (χ1v) is 4.49. The molecule has 1 aromatic rings. The number of rotatable bonds is 3. The van der Waals surface area contributed by atoms with E-state index in [0.29, 0.717) is 0 Å². The third-order valence-electron chi connectivity index (χ3n) is 2.13. The smallest absolute Gasteiger partial charge is 0.337 e. The van der Waals surface area contributed by atoms with Gasteiger partial charge in [-0.15, -0.1) is 0 Å². The Balaban J connectivity index is 2.96. The third kappa shape index (κ3) is 2.41. The highest BCUT2D eigenvalue weighted by Crippen LogP contribution is 2.26. The van der Waals surface area contributed by atoms with Gasteiger partial charge in [-0.2, -0.15) is 0 Å². The van der Waals surface area contributed by atoms with Gasteiger partial charge in [0, 0.05) is 17.3 Å². The minimum Gasteiger partial charge on any atom is -0.508 e. The summed E-state index contributed by atoms with van der Waals surface area (Å²) in [6.07, 6.45) is -3.20. The second kappa shape index (κ2) is 4.82. The molecule has 0 heterocycles. The van der Waals surface area contributed by atoms with Crippen LogP contribution in [-0.2, 0) is 9.53 Å². The number of phenols is 1. The fraction of sp³-hybridized carbons (Fsp3) is 0.300. The second-order valence-electron chi connectivity index (χ2n) is 3.23. The summed E-state index contributed by atoms with van der Waals surface area (Å²) in [4.78, 5) is 11.0. The Morgan fingerprint density at radius 1 is 1.44 bits per heavy atom. The van der Waals surface area contributed by atoms with E-state index in [1.807, 2.05) is 0 Å². The van der Waals surface area contributed by atoms with Crippen LogP contribution in [0.5, 0.6) is 5.75 Å². The lowest BCUT2D eigenvalue weighted by molar-refractivity contribution is -0.156. The van der Waals surface area contributed by atoms with Gasteiger partial charge in [-0.3, -0.25) is 0 Å². The molecule has 2 unspecified atom stereocenters. The van der Waals surface area contributed by atoms with Crippen LogP contribution in [0.25, 0.3) is 0 Å². The monoisotopic (exact) mass is 227 g/mol. The molecule has 0 aromatic heterocycles. The molecule has 0 amide bonds. The molecule has 6 heteroatoms. The molecule has 88 valence electrons. The number of hydrogen-bond donors (Lipinski definition) is 4. The number of carbonyl (C=O) groups is 1. The number of aliphatic hydroxyl groups is 2. The number of aliphatic hydroxyl groups excluding tert-OH is 2.